The standard InChI is InChI=1S/C13H22N4/c1-13(2)12-6-14-5-11(12)9-17(13)8-10-4-15-16(3)7-10/h4,7,11-12,14H,5-6,8-9H2,1-3H3. The van der Waals surface area contributed by atoms with Gasteiger partial charge in [0.1, 0.15) is 0 Å². The summed E-state index contributed by atoms with van der Waals surface area (Å²) in [6.45, 7) is 9.41. The molecule has 4 heteroatoms. The Morgan fingerprint density at radius 2 is 2.29 bits per heavy atom. The number of fused-ring (bicyclic) bond motifs is 1. The first-order chi connectivity index (χ1) is 8.07. The molecule has 1 aromatic rings. The highest BCUT2D eigenvalue weighted by molar-refractivity contribution is 5.10. The van der Waals surface area contributed by atoms with Gasteiger partial charge in [0.05, 0.1) is 6.20 Å². The molecule has 2 saturated heterocycles. The zero-order valence-electron chi connectivity index (χ0n) is 11.0. The third-order valence-corrected chi connectivity index (χ3v) is 4.65. The van der Waals surface area contributed by atoms with Crippen LogP contribution in [0.3, 0.4) is 0 Å². The van der Waals surface area contributed by atoms with Crippen molar-refractivity contribution in [2.24, 2.45) is 18.9 Å². The molecule has 0 aliphatic carbocycles. The first kappa shape index (κ1) is 11.2. The van der Waals surface area contributed by atoms with E-state index in [-0.39, 0.29) is 0 Å². The SMILES string of the molecule is Cn1cc(CN2CC3CNCC3C2(C)C)cn1. The van der Waals surface area contributed by atoms with Crippen LogP contribution in [0.5, 0.6) is 0 Å². The van der Waals surface area contributed by atoms with E-state index in [2.05, 4.69) is 35.4 Å². The molecule has 4 nitrogen and oxygen atoms in total. The number of hydrogen-bond donors (Lipinski definition) is 1. The fourth-order valence-electron chi connectivity index (χ4n) is 3.55. The average Bonchev–Trinajstić information content (AvgIpc) is 2.90. The fourth-order valence-corrected chi connectivity index (χ4v) is 3.55. The van der Waals surface area contributed by atoms with E-state index in [9.17, 15) is 0 Å². The lowest BCUT2D eigenvalue weighted by atomic mass is 9.85. The van der Waals surface area contributed by atoms with E-state index in [1.54, 1.807) is 0 Å². The fraction of sp³-hybridized carbons (Fsp3) is 0.769. The lowest BCUT2D eigenvalue weighted by molar-refractivity contribution is 0.132. The van der Waals surface area contributed by atoms with Crippen molar-refractivity contribution in [3.8, 4) is 0 Å². The van der Waals surface area contributed by atoms with Crippen LogP contribution in [0.25, 0.3) is 0 Å². The van der Waals surface area contributed by atoms with Crippen LogP contribution in [-0.2, 0) is 13.6 Å². The van der Waals surface area contributed by atoms with Gasteiger partial charge in [-0.3, -0.25) is 9.58 Å². The predicted octanol–water partition coefficient (Wildman–Crippen LogP) is 0.850. The molecule has 0 aromatic carbocycles. The number of aromatic nitrogens is 2. The smallest absolute Gasteiger partial charge is 0.0534 e. The molecule has 1 aromatic heterocycles. The molecule has 94 valence electrons. The summed E-state index contributed by atoms with van der Waals surface area (Å²) < 4.78 is 1.89. The summed E-state index contributed by atoms with van der Waals surface area (Å²) in [5.41, 5.74) is 1.64. The van der Waals surface area contributed by atoms with Gasteiger partial charge in [0.15, 0.2) is 0 Å². The Kier molecular flexibility index (Phi) is 2.52. The number of hydrogen-bond acceptors (Lipinski definition) is 3. The maximum Gasteiger partial charge on any atom is 0.0534 e. The summed E-state index contributed by atoms with van der Waals surface area (Å²) in [7, 11) is 1.98. The van der Waals surface area contributed by atoms with Gasteiger partial charge in [-0.05, 0) is 32.2 Å². The first-order valence-corrected chi connectivity index (χ1v) is 6.50. The number of nitrogens with zero attached hydrogens (tertiary/aromatic N) is 3. The second kappa shape index (κ2) is 3.82. The molecule has 2 atom stereocenters. The van der Waals surface area contributed by atoms with Crippen molar-refractivity contribution in [3.05, 3.63) is 18.0 Å². The Bertz CT molecular complexity index is 409. The van der Waals surface area contributed by atoms with Crippen LogP contribution in [0.1, 0.15) is 19.4 Å². The van der Waals surface area contributed by atoms with Crippen molar-refractivity contribution in [2.45, 2.75) is 25.9 Å². The molecule has 0 amide bonds. The maximum absolute atomic E-state index is 4.26. The van der Waals surface area contributed by atoms with Crippen molar-refractivity contribution in [1.29, 1.82) is 0 Å². The van der Waals surface area contributed by atoms with Crippen molar-refractivity contribution < 1.29 is 0 Å². The largest absolute Gasteiger partial charge is 0.316 e. The van der Waals surface area contributed by atoms with Crippen molar-refractivity contribution in [1.82, 2.24) is 20.0 Å². The van der Waals surface area contributed by atoms with E-state index < -0.39 is 0 Å². The maximum atomic E-state index is 4.26. The summed E-state index contributed by atoms with van der Waals surface area (Å²) in [5, 5.41) is 7.78. The molecule has 3 rings (SSSR count). The molecule has 2 unspecified atom stereocenters. The Hall–Kier alpha value is -0.870. The molecule has 0 bridgehead atoms. The number of aryl methyl sites for hydroxylation is 1. The summed E-state index contributed by atoms with van der Waals surface area (Å²) in [6, 6.07) is 0. The molecule has 2 aliphatic heterocycles. The molecule has 17 heavy (non-hydrogen) atoms. The molecular formula is C13H22N4. The van der Waals surface area contributed by atoms with Crippen molar-refractivity contribution >= 4 is 0 Å². The van der Waals surface area contributed by atoms with Crippen LogP contribution in [0.4, 0.5) is 0 Å². The topological polar surface area (TPSA) is 33.1 Å². The lowest BCUT2D eigenvalue weighted by Gasteiger charge is -2.35. The van der Waals surface area contributed by atoms with Crippen LogP contribution >= 0.6 is 0 Å². The first-order valence-electron chi connectivity index (χ1n) is 6.50. The second-order valence-electron chi connectivity index (χ2n) is 6.08. The zero-order chi connectivity index (χ0) is 12.0. The van der Waals surface area contributed by atoms with Crippen LogP contribution in [0, 0.1) is 11.8 Å². The van der Waals surface area contributed by atoms with Gasteiger partial charge in [0.25, 0.3) is 0 Å². The van der Waals surface area contributed by atoms with E-state index in [1.165, 1.54) is 25.2 Å². The Morgan fingerprint density at radius 1 is 1.47 bits per heavy atom. The normalized spacial score (nSPS) is 31.9. The summed E-state index contributed by atoms with van der Waals surface area (Å²) in [6.07, 6.45) is 4.12. The minimum Gasteiger partial charge on any atom is -0.316 e. The monoisotopic (exact) mass is 234 g/mol. The van der Waals surface area contributed by atoms with E-state index >= 15 is 0 Å². The van der Waals surface area contributed by atoms with Crippen LogP contribution in [0.2, 0.25) is 0 Å². The second-order valence-corrected chi connectivity index (χ2v) is 6.08. The van der Waals surface area contributed by atoms with Crippen LogP contribution < -0.4 is 5.32 Å². The van der Waals surface area contributed by atoms with Gasteiger partial charge >= 0.3 is 0 Å². The lowest BCUT2D eigenvalue weighted by Crippen LogP contribution is -2.43. The molecule has 2 fully saturated rings. The highest BCUT2D eigenvalue weighted by Crippen LogP contribution is 2.41. The van der Waals surface area contributed by atoms with Gasteiger partial charge in [-0.1, -0.05) is 0 Å². The van der Waals surface area contributed by atoms with Gasteiger partial charge in [-0.25, -0.2) is 0 Å². The molecule has 3 heterocycles. The number of rotatable bonds is 2. The minimum atomic E-state index is 0.310. The van der Waals surface area contributed by atoms with Crippen LogP contribution in [-0.4, -0.2) is 39.9 Å². The third-order valence-electron chi connectivity index (χ3n) is 4.65. The van der Waals surface area contributed by atoms with Gasteiger partial charge < -0.3 is 5.32 Å². The van der Waals surface area contributed by atoms with Gasteiger partial charge in [0.2, 0.25) is 0 Å². The van der Waals surface area contributed by atoms with E-state index in [0.717, 1.165) is 18.4 Å². The molecule has 0 saturated carbocycles. The van der Waals surface area contributed by atoms with Gasteiger partial charge in [0, 0.05) is 44.0 Å². The Labute approximate surface area is 103 Å². The van der Waals surface area contributed by atoms with Gasteiger partial charge in [-0.2, -0.15) is 5.10 Å². The molecule has 0 radical (unpaired) electrons. The molecule has 0 spiro atoms. The minimum absolute atomic E-state index is 0.310. The molecule has 1 N–H and O–H groups in total. The quantitative estimate of drug-likeness (QED) is 0.823. The summed E-state index contributed by atoms with van der Waals surface area (Å²) in [5.74, 6) is 1.64. The van der Waals surface area contributed by atoms with Crippen molar-refractivity contribution in [3.63, 3.8) is 0 Å². The molecular weight excluding hydrogens is 212 g/mol. The van der Waals surface area contributed by atoms with Crippen LogP contribution in [0.15, 0.2) is 12.4 Å². The number of likely N-dealkylation sites (tertiary alicyclic amines) is 1. The number of nitrogens with one attached hydrogen (secondary N) is 1. The summed E-state index contributed by atoms with van der Waals surface area (Å²) >= 11 is 0. The van der Waals surface area contributed by atoms with E-state index in [4.69, 9.17) is 0 Å². The Morgan fingerprint density at radius 3 is 2.94 bits per heavy atom. The highest BCUT2D eigenvalue weighted by Gasteiger charge is 2.49. The summed E-state index contributed by atoms with van der Waals surface area (Å²) in [4.78, 5) is 2.63. The highest BCUT2D eigenvalue weighted by atomic mass is 15.3. The zero-order valence-corrected chi connectivity index (χ0v) is 11.0. The van der Waals surface area contributed by atoms with E-state index in [0.29, 0.717) is 5.54 Å². The predicted molar refractivity (Wildman–Crippen MR) is 67.5 cm³/mol. The van der Waals surface area contributed by atoms with Crippen molar-refractivity contribution in [2.75, 3.05) is 19.6 Å². The van der Waals surface area contributed by atoms with E-state index in [1.807, 2.05) is 17.9 Å². The average molecular weight is 234 g/mol. The third kappa shape index (κ3) is 1.79. The van der Waals surface area contributed by atoms with Gasteiger partial charge in [-0.15, -0.1) is 0 Å². The Balaban J connectivity index is 1.76. The molecule has 2 aliphatic rings.